The fourth-order valence-electron chi connectivity index (χ4n) is 1.74. The number of pyridine rings is 1. The van der Waals surface area contributed by atoms with Crippen molar-refractivity contribution in [2.24, 2.45) is 0 Å². The van der Waals surface area contributed by atoms with Crippen LogP contribution in [0.5, 0.6) is 0 Å². The Kier molecular flexibility index (Phi) is 3.49. The summed E-state index contributed by atoms with van der Waals surface area (Å²) in [7, 11) is 0. The number of hydrogen-bond acceptors (Lipinski definition) is 2. The zero-order chi connectivity index (χ0) is 9.97. The summed E-state index contributed by atoms with van der Waals surface area (Å²) in [4.78, 5) is 6.66. The molecule has 0 aliphatic carbocycles. The van der Waals surface area contributed by atoms with Crippen molar-refractivity contribution in [1.29, 1.82) is 0 Å². The largest absolute Gasteiger partial charge is 0.357 e. The molecule has 1 fully saturated rings. The fraction of sp³-hybridized carbons (Fsp3) is 0.500. The first-order valence-electron chi connectivity index (χ1n) is 4.84. The summed E-state index contributed by atoms with van der Waals surface area (Å²) >= 11 is 8.20. The van der Waals surface area contributed by atoms with E-state index in [0.29, 0.717) is 5.15 Å². The summed E-state index contributed by atoms with van der Waals surface area (Å²) in [5.41, 5.74) is 0. The Morgan fingerprint density at radius 2 is 1.93 bits per heavy atom. The lowest BCUT2D eigenvalue weighted by Crippen LogP contribution is -2.30. The highest BCUT2D eigenvalue weighted by atomic mass is 127. The van der Waals surface area contributed by atoms with Crippen molar-refractivity contribution in [1.82, 2.24) is 4.98 Å². The second kappa shape index (κ2) is 4.66. The number of hydrogen-bond donors (Lipinski definition) is 0. The summed E-state index contributed by atoms with van der Waals surface area (Å²) < 4.78 is 1.16. The molecule has 1 aromatic rings. The van der Waals surface area contributed by atoms with E-state index in [-0.39, 0.29) is 0 Å². The maximum atomic E-state index is 5.93. The summed E-state index contributed by atoms with van der Waals surface area (Å²) in [5.74, 6) is 1.03. The Hall–Kier alpha value is -0.0300. The molecule has 0 saturated carbocycles. The molecule has 0 atom stereocenters. The van der Waals surface area contributed by atoms with Gasteiger partial charge in [0.1, 0.15) is 11.0 Å². The molecule has 0 radical (unpaired) electrons. The summed E-state index contributed by atoms with van der Waals surface area (Å²) in [6.45, 7) is 2.23. The third-order valence-electron chi connectivity index (χ3n) is 2.43. The van der Waals surface area contributed by atoms with E-state index in [1.165, 1.54) is 19.3 Å². The molecule has 0 spiro atoms. The lowest BCUT2D eigenvalue weighted by molar-refractivity contribution is 0.573. The van der Waals surface area contributed by atoms with Crippen molar-refractivity contribution < 1.29 is 0 Å². The summed E-state index contributed by atoms with van der Waals surface area (Å²) in [6.07, 6.45) is 3.88. The van der Waals surface area contributed by atoms with Crippen molar-refractivity contribution in [2.75, 3.05) is 18.0 Å². The van der Waals surface area contributed by atoms with Crippen LogP contribution in [0.15, 0.2) is 12.1 Å². The van der Waals surface area contributed by atoms with Gasteiger partial charge in [-0.1, -0.05) is 11.6 Å². The first kappa shape index (κ1) is 10.5. The van der Waals surface area contributed by atoms with Crippen LogP contribution in [0.2, 0.25) is 5.15 Å². The van der Waals surface area contributed by atoms with E-state index < -0.39 is 0 Å². The molecule has 14 heavy (non-hydrogen) atoms. The molecule has 0 aromatic carbocycles. The van der Waals surface area contributed by atoms with E-state index in [1.54, 1.807) is 0 Å². The van der Waals surface area contributed by atoms with E-state index >= 15 is 0 Å². The highest BCUT2D eigenvalue weighted by Gasteiger charge is 2.12. The van der Waals surface area contributed by atoms with Gasteiger partial charge in [-0.05, 0) is 54.0 Å². The van der Waals surface area contributed by atoms with Crippen molar-refractivity contribution in [3.63, 3.8) is 0 Å². The zero-order valence-electron chi connectivity index (χ0n) is 7.84. The quantitative estimate of drug-likeness (QED) is 0.582. The van der Waals surface area contributed by atoms with Gasteiger partial charge in [0, 0.05) is 16.7 Å². The SMILES string of the molecule is Clc1cc(I)cc(N2CCCCC2)n1. The van der Waals surface area contributed by atoms with Crippen molar-refractivity contribution in [3.05, 3.63) is 20.9 Å². The average Bonchev–Trinajstić information content (AvgIpc) is 2.18. The molecule has 76 valence electrons. The molecule has 0 bridgehead atoms. The molecule has 0 unspecified atom stereocenters. The van der Waals surface area contributed by atoms with Gasteiger partial charge in [0.2, 0.25) is 0 Å². The van der Waals surface area contributed by atoms with Gasteiger partial charge in [-0.15, -0.1) is 0 Å². The molecule has 0 amide bonds. The normalized spacial score (nSPS) is 17.1. The van der Waals surface area contributed by atoms with Gasteiger partial charge in [0.05, 0.1) is 0 Å². The molecular formula is C10H12ClIN2. The van der Waals surface area contributed by atoms with Crippen molar-refractivity contribution >= 4 is 40.0 Å². The Balaban J connectivity index is 2.21. The molecule has 0 N–H and O–H groups in total. The Labute approximate surface area is 103 Å². The maximum Gasteiger partial charge on any atom is 0.132 e. The first-order valence-corrected chi connectivity index (χ1v) is 6.29. The number of aromatic nitrogens is 1. The van der Waals surface area contributed by atoms with Gasteiger partial charge in [0.25, 0.3) is 0 Å². The lowest BCUT2D eigenvalue weighted by atomic mass is 10.1. The van der Waals surface area contributed by atoms with Crippen LogP contribution in [-0.4, -0.2) is 18.1 Å². The van der Waals surface area contributed by atoms with E-state index in [9.17, 15) is 0 Å². The van der Waals surface area contributed by atoms with Gasteiger partial charge in [-0.3, -0.25) is 0 Å². The Bertz CT molecular complexity index is 304. The smallest absolute Gasteiger partial charge is 0.132 e. The molecule has 1 saturated heterocycles. The van der Waals surface area contributed by atoms with Crippen LogP contribution >= 0.6 is 34.2 Å². The van der Waals surface area contributed by atoms with Crippen LogP contribution in [-0.2, 0) is 0 Å². The molecule has 4 heteroatoms. The Morgan fingerprint density at radius 1 is 1.21 bits per heavy atom. The molecule has 2 rings (SSSR count). The second-order valence-corrected chi connectivity index (χ2v) is 5.15. The maximum absolute atomic E-state index is 5.93. The van der Waals surface area contributed by atoms with Gasteiger partial charge in [0.15, 0.2) is 0 Å². The number of halogens is 2. The van der Waals surface area contributed by atoms with Crippen LogP contribution in [0, 0.1) is 3.57 Å². The molecule has 1 aromatic heterocycles. The fourth-order valence-corrected chi connectivity index (χ4v) is 2.70. The lowest BCUT2D eigenvalue weighted by Gasteiger charge is -2.27. The second-order valence-electron chi connectivity index (χ2n) is 3.51. The van der Waals surface area contributed by atoms with Crippen LogP contribution in [0.4, 0.5) is 5.82 Å². The number of rotatable bonds is 1. The number of nitrogens with zero attached hydrogens (tertiary/aromatic N) is 2. The zero-order valence-corrected chi connectivity index (χ0v) is 10.8. The van der Waals surface area contributed by atoms with E-state index in [4.69, 9.17) is 11.6 Å². The summed E-state index contributed by atoms with van der Waals surface area (Å²) in [6, 6.07) is 3.98. The van der Waals surface area contributed by atoms with E-state index in [2.05, 4.69) is 38.5 Å². The van der Waals surface area contributed by atoms with Crippen LogP contribution in [0.1, 0.15) is 19.3 Å². The summed E-state index contributed by atoms with van der Waals surface area (Å²) in [5, 5.41) is 0.595. The minimum absolute atomic E-state index is 0.595. The van der Waals surface area contributed by atoms with Gasteiger partial charge >= 0.3 is 0 Å². The average molecular weight is 323 g/mol. The van der Waals surface area contributed by atoms with Gasteiger partial charge < -0.3 is 4.90 Å². The monoisotopic (exact) mass is 322 g/mol. The molecule has 1 aliphatic heterocycles. The topological polar surface area (TPSA) is 16.1 Å². The minimum Gasteiger partial charge on any atom is -0.357 e. The van der Waals surface area contributed by atoms with E-state index in [0.717, 1.165) is 22.5 Å². The molecule has 2 nitrogen and oxygen atoms in total. The van der Waals surface area contributed by atoms with Crippen LogP contribution in [0.25, 0.3) is 0 Å². The standard InChI is InChI=1S/C10H12ClIN2/c11-9-6-8(12)7-10(13-9)14-4-2-1-3-5-14/h6-7H,1-5H2. The highest BCUT2D eigenvalue weighted by Crippen LogP contribution is 2.22. The third-order valence-corrected chi connectivity index (χ3v) is 3.24. The van der Waals surface area contributed by atoms with Crippen molar-refractivity contribution in [2.45, 2.75) is 19.3 Å². The van der Waals surface area contributed by atoms with E-state index in [1.807, 2.05) is 6.07 Å². The van der Waals surface area contributed by atoms with Crippen LogP contribution in [0.3, 0.4) is 0 Å². The van der Waals surface area contributed by atoms with Crippen LogP contribution < -0.4 is 4.90 Å². The van der Waals surface area contributed by atoms with Gasteiger partial charge in [-0.25, -0.2) is 4.98 Å². The third kappa shape index (κ3) is 2.51. The Morgan fingerprint density at radius 3 is 2.57 bits per heavy atom. The predicted octanol–water partition coefficient (Wildman–Crippen LogP) is 3.33. The molecule has 2 heterocycles. The van der Waals surface area contributed by atoms with Crippen molar-refractivity contribution in [3.8, 4) is 0 Å². The van der Waals surface area contributed by atoms with Gasteiger partial charge in [-0.2, -0.15) is 0 Å². The molecule has 1 aliphatic rings. The molecular weight excluding hydrogens is 310 g/mol. The first-order chi connectivity index (χ1) is 6.75. The number of piperidine rings is 1. The number of anilines is 1. The predicted molar refractivity (Wildman–Crippen MR) is 68.0 cm³/mol. The highest BCUT2D eigenvalue weighted by molar-refractivity contribution is 14.1. The minimum atomic E-state index is 0.595.